The largest absolute Gasteiger partial charge is 0.475 e. The molecular weight excluding hydrogens is 250 g/mol. The summed E-state index contributed by atoms with van der Waals surface area (Å²) in [5.74, 6) is 1.99. The van der Waals surface area contributed by atoms with Crippen LogP contribution < -0.4 is 15.0 Å². The van der Waals surface area contributed by atoms with E-state index in [-0.39, 0.29) is 5.60 Å². The Kier molecular flexibility index (Phi) is 3.32. The van der Waals surface area contributed by atoms with Crippen molar-refractivity contribution in [3.05, 3.63) is 23.8 Å². The Morgan fingerprint density at radius 1 is 1.45 bits per heavy atom. The van der Waals surface area contributed by atoms with Crippen LogP contribution in [0.3, 0.4) is 0 Å². The molecular formula is C16H23N3O. The van der Waals surface area contributed by atoms with Crippen LogP contribution >= 0.6 is 0 Å². The Bertz CT molecular complexity index is 541. The van der Waals surface area contributed by atoms with Crippen LogP contribution in [0, 0.1) is 6.92 Å². The maximum atomic E-state index is 6.43. The molecule has 1 N–H and O–H groups in total. The molecule has 1 aromatic carbocycles. The van der Waals surface area contributed by atoms with E-state index in [1.807, 2.05) is 0 Å². The van der Waals surface area contributed by atoms with Gasteiger partial charge in [0.05, 0.1) is 18.8 Å². The van der Waals surface area contributed by atoms with Crippen molar-refractivity contribution in [2.75, 3.05) is 31.6 Å². The number of likely N-dealkylation sites (N-methyl/N-ethyl adjacent to an activating group) is 1. The molecule has 4 nitrogen and oxygen atoms in total. The third kappa shape index (κ3) is 2.13. The number of rotatable bonds is 3. The zero-order valence-corrected chi connectivity index (χ0v) is 12.6. The summed E-state index contributed by atoms with van der Waals surface area (Å²) in [7, 11) is 2.14. The topological polar surface area (TPSA) is 36.9 Å². The molecule has 3 rings (SSSR count). The maximum Gasteiger partial charge on any atom is 0.183 e. The average Bonchev–Trinajstić information content (AvgIpc) is 2.95. The first-order chi connectivity index (χ1) is 9.64. The summed E-state index contributed by atoms with van der Waals surface area (Å²) in [6.07, 6.45) is 2.06. The lowest BCUT2D eigenvalue weighted by Gasteiger charge is -2.43. The Morgan fingerprint density at radius 2 is 2.30 bits per heavy atom. The number of benzene rings is 1. The molecule has 0 spiro atoms. The lowest BCUT2D eigenvalue weighted by Crippen LogP contribution is -2.58. The normalized spacial score (nSPS) is 24.8. The van der Waals surface area contributed by atoms with Gasteiger partial charge in [0.25, 0.3) is 0 Å². The minimum Gasteiger partial charge on any atom is -0.475 e. The van der Waals surface area contributed by atoms with Gasteiger partial charge in [0.15, 0.2) is 5.60 Å². The van der Waals surface area contributed by atoms with E-state index in [0.717, 1.165) is 44.1 Å². The van der Waals surface area contributed by atoms with Gasteiger partial charge in [0, 0.05) is 13.6 Å². The standard InChI is InChI=1S/C16H23N3O/c1-4-7-16(15-17-8-9-18-15)11-19(3)13-10-12(2)5-6-14(13)20-16/h5-6,10H,4,7-9,11H2,1-3H3,(H,17,18). The van der Waals surface area contributed by atoms with Crippen LogP contribution in [-0.2, 0) is 0 Å². The van der Waals surface area contributed by atoms with Crippen molar-refractivity contribution in [2.24, 2.45) is 4.99 Å². The second kappa shape index (κ2) is 5.00. The fourth-order valence-electron chi connectivity index (χ4n) is 3.20. The number of anilines is 1. The molecule has 0 aliphatic carbocycles. The van der Waals surface area contributed by atoms with Gasteiger partial charge in [-0.25, -0.2) is 0 Å². The maximum absolute atomic E-state index is 6.43. The molecule has 2 heterocycles. The van der Waals surface area contributed by atoms with Crippen LogP contribution in [0.5, 0.6) is 5.75 Å². The van der Waals surface area contributed by atoms with Crippen LogP contribution in [0.2, 0.25) is 0 Å². The summed E-state index contributed by atoms with van der Waals surface area (Å²) >= 11 is 0. The number of hydrogen-bond donors (Lipinski definition) is 1. The third-order valence-electron chi connectivity index (χ3n) is 4.08. The van der Waals surface area contributed by atoms with Gasteiger partial charge in [-0.2, -0.15) is 0 Å². The molecule has 0 saturated heterocycles. The fourth-order valence-corrected chi connectivity index (χ4v) is 3.20. The molecule has 108 valence electrons. The number of ether oxygens (including phenoxy) is 1. The Hall–Kier alpha value is -1.71. The van der Waals surface area contributed by atoms with E-state index in [1.165, 1.54) is 11.3 Å². The van der Waals surface area contributed by atoms with E-state index in [9.17, 15) is 0 Å². The fraction of sp³-hybridized carbons (Fsp3) is 0.562. The summed E-state index contributed by atoms with van der Waals surface area (Å²) in [6, 6.07) is 6.38. The van der Waals surface area contributed by atoms with Crippen molar-refractivity contribution in [2.45, 2.75) is 32.3 Å². The van der Waals surface area contributed by atoms with Crippen LogP contribution in [0.15, 0.2) is 23.2 Å². The number of nitrogens with one attached hydrogen (secondary N) is 1. The van der Waals surface area contributed by atoms with Gasteiger partial charge in [0.1, 0.15) is 11.6 Å². The van der Waals surface area contributed by atoms with Gasteiger partial charge < -0.3 is 15.0 Å². The Labute approximate surface area is 120 Å². The molecule has 0 amide bonds. The number of hydrogen-bond acceptors (Lipinski definition) is 4. The van der Waals surface area contributed by atoms with E-state index >= 15 is 0 Å². The van der Waals surface area contributed by atoms with Crippen molar-refractivity contribution in [3.8, 4) is 5.75 Å². The first-order valence-electron chi connectivity index (χ1n) is 7.44. The van der Waals surface area contributed by atoms with Crippen LogP contribution in [-0.4, -0.2) is 38.1 Å². The highest BCUT2D eigenvalue weighted by atomic mass is 16.5. The third-order valence-corrected chi connectivity index (χ3v) is 4.08. The van der Waals surface area contributed by atoms with E-state index in [4.69, 9.17) is 4.74 Å². The quantitative estimate of drug-likeness (QED) is 0.918. The molecule has 0 saturated carbocycles. The summed E-state index contributed by atoms with van der Waals surface area (Å²) in [5.41, 5.74) is 2.12. The Morgan fingerprint density at radius 3 is 3.00 bits per heavy atom. The van der Waals surface area contributed by atoms with Gasteiger partial charge in [0.2, 0.25) is 0 Å². The zero-order valence-electron chi connectivity index (χ0n) is 12.6. The van der Waals surface area contributed by atoms with Crippen LogP contribution in [0.4, 0.5) is 5.69 Å². The first kappa shape index (κ1) is 13.3. The summed E-state index contributed by atoms with van der Waals surface area (Å²) < 4.78 is 6.43. The van der Waals surface area contributed by atoms with Gasteiger partial charge in [-0.1, -0.05) is 19.4 Å². The molecule has 1 unspecified atom stereocenters. The highest BCUT2D eigenvalue weighted by Gasteiger charge is 2.43. The van der Waals surface area contributed by atoms with Crippen molar-refractivity contribution < 1.29 is 4.74 Å². The molecule has 0 fully saturated rings. The number of nitrogens with zero attached hydrogens (tertiary/aromatic N) is 2. The van der Waals surface area contributed by atoms with Gasteiger partial charge in [-0.05, 0) is 31.0 Å². The lowest BCUT2D eigenvalue weighted by molar-refractivity contribution is 0.123. The monoisotopic (exact) mass is 273 g/mol. The van der Waals surface area contributed by atoms with Gasteiger partial charge in [-0.3, -0.25) is 4.99 Å². The molecule has 2 aliphatic heterocycles. The van der Waals surface area contributed by atoms with Crippen LogP contribution in [0.25, 0.3) is 0 Å². The van der Waals surface area contributed by atoms with E-state index < -0.39 is 0 Å². The second-order valence-corrected chi connectivity index (χ2v) is 5.83. The van der Waals surface area contributed by atoms with E-state index in [0.29, 0.717) is 0 Å². The van der Waals surface area contributed by atoms with Crippen molar-refractivity contribution in [1.82, 2.24) is 5.32 Å². The predicted molar refractivity (Wildman–Crippen MR) is 83.0 cm³/mol. The van der Waals surface area contributed by atoms with Gasteiger partial charge in [-0.15, -0.1) is 0 Å². The second-order valence-electron chi connectivity index (χ2n) is 5.83. The zero-order chi connectivity index (χ0) is 14.2. The minimum absolute atomic E-state index is 0.317. The highest BCUT2D eigenvalue weighted by molar-refractivity contribution is 5.93. The van der Waals surface area contributed by atoms with Crippen molar-refractivity contribution >= 4 is 11.5 Å². The predicted octanol–water partition coefficient (Wildman–Crippen LogP) is 2.36. The van der Waals surface area contributed by atoms with E-state index in [2.05, 4.69) is 54.3 Å². The molecule has 1 atom stereocenters. The number of aryl methyl sites for hydroxylation is 1. The molecule has 0 bridgehead atoms. The smallest absolute Gasteiger partial charge is 0.183 e. The number of aliphatic imine (C=N–C) groups is 1. The molecule has 1 aromatic rings. The molecule has 2 aliphatic rings. The highest BCUT2D eigenvalue weighted by Crippen LogP contribution is 2.39. The van der Waals surface area contributed by atoms with Gasteiger partial charge >= 0.3 is 0 Å². The first-order valence-corrected chi connectivity index (χ1v) is 7.44. The Balaban J connectivity index is 2.00. The van der Waals surface area contributed by atoms with Crippen LogP contribution in [0.1, 0.15) is 25.3 Å². The number of amidine groups is 1. The van der Waals surface area contributed by atoms with Crippen molar-refractivity contribution in [1.29, 1.82) is 0 Å². The number of fused-ring (bicyclic) bond motifs is 1. The minimum atomic E-state index is -0.317. The summed E-state index contributed by atoms with van der Waals surface area (Å²) in [6.45, 7) is 6.95. The molecule has 4 heteroatoms. The van der Waals surface area contributed by atoms with E-state index in [1.54, 1.807) is 0 Å². The average molecular weight is 273 g/mol. The molecule has 0 aromatic heterocycles. The molecule has 0 radical (unpaired) electrons. The summed E-state index contributed by atoms with van der Waals surface area (Å²) in [4.78, 5) is 6.92. The SMILES string of the molecule is CCCC1(C2=NCCN2)CN(C)c2cc(C)ccc2O1. The lowest BCUT2D eigenvalue weighted by atomic mass is 9.93. The molecule has 20 heavy (non-hydrogen) atoms. The summed E-state index contributed by atoms with van der Waals surface area (Å²) in [5, 5.41) is 3.41. The van der Waals surface area contributed by atoms with Crippen molar-refractivity contribution in [3.63, 3.8) is 0 Å².